The predicted octanol–water partition coefficient (Wildman–Crippen LogP) is 3.14. The molecule has 0 saturated heterocycles. The van der Waals surface area contributed by atoms with Gasteiger partial charge >= 0.3 is 5.97 Å². The zero-order valence-corrected chi connectivity index (χ0v) is 12.4. The Morgan fingerprint density at radius 2 is 2.14 bits per heavy atom. The molecule has 0 saturated carbocycles. The van der Waals surface area contributed by atoms with Crippen molar-refractivity contribution in [2.24, 2.45) is 0 Å². The van der Waals surface area contributed by atoms with Crippen LogP contribution >= 0.6 is 0 Å². The van der Waals surface area contributed by atoms with Gasteiger partial charge < -0.3 is 5.11 Å². The van der Waals surface area contributed by atoms with Crippen LogP contribution in [0.15, 0.2) is 42.6 Å². The van der Waals surface area contributed by atoms with Crippen molar-refractivity contribution in [2.75, 3.05) is 0 Å². The second-order valence-corrected chi connectivity index (χ2v) is 5.30. The van der Waals surface area contributed by atoms with Crippen molar-refractivity contribution in [3.63, 3.8) is 0 Å². The maximum atomic E-state index is 10.7. The Morgan fingerprint density at radius 1 is 1.27 bits per heavy atom. The number of carboxylic acid groups (broad SMARTS) is 1. The van der Waals surface area contributed by atoms with Crippen molar-refractivity contribution < 1.29 is 9.90 Å². The topological polar surface area (TPSA) is 68.0 Å². The number of benzene rings is 1. The van der Waals surface area contributed by atoms with E-state index in [4.69, 9.17) is 5.11 Å². The first-order chi connectivity index (χ1) is 10.6. The van der Waals surface area contributed by atoms with E-state index in [0.29, 0.717) is 12.8 Å². The van der Waals surface area contributed by atoms with Gasteiger partial charge in [-0.1, -0.05) is 12.1 Å². The van der Waals surface area contributed by atoms with Crippen molar-refractivity contribution in [3.8, 4) is 5.69 Å². The van der Waals surface area contributed by atoms with Crippen molar-refractivity contribution in [2.45, 2.75) is 26.2 Å². The Balaban J connectivity index is 2.07. The summed E-state index contributed by atoms with van der Waals surface area (Å²) in [5.41, 5.74) is 3.80. The molecule has 0 aliphatic heterocycles. The number of aromatic nitrogens is 3. The first-order valence-corrected chi connectivity index (χ1v) is 7.26. The molecule has 3 rings (SSSR count). The van der Waals surface area contributed by atoms with Gasteiger partial charge in [-0.05, 0) is 43.2 Å². The van der Waals surface area contributed by atoms with E-state index < -0.39 is 5.97 Å². The van der Waals surface area contributed by atoms with Crippen LogP contribution in [0.3, 0.4) is 0 Å². The number of carboxylic acids is 1. The number of hydrogen-bond donors (Lipinski definition) is 1. The van der Waals surface area contributed by atoms with Gasteiger partial charge in [0.1, 0.15) is 11.3 Å². The predicted molar refractivity (Wildman–Crippen MR) is 84.2 cm³/mol. The van der Waals surface area contributed by atoms with Crippen molar-refractivity contribution in [1.82, 2.24) is 14.5 Å². The lowest BCUT2D eigenvalue weighted by atomic mass is 10.2. The van der Waals surface area contributed by atoms with Crippen LogP contribution in [0.2, 0.25) is 0 Å². The van der Waals surface area contributed by atoms with Gasteiger partial charge in [-0.2, -0.15) is 0 Å². The molecule has 0 atom stereocenters. The van der Waals surface area contributed by atoms with Gasteiger partial charge in [0.25, 0.3) is 0 Å². The molecule has 0 fully saturated rings. The summed E-state index contributed by atoms with van der Waals surface area (Å²) in [7, 11) is 0. The van der Waals surface area contributed by atoms with E-state index >= 15 is 0 Å². The fourth-order valence-corrected chi connectivity index (χ4v) is 2.56. The smallest absolute Gasteiger partial charge is 0.303 e. The molecule has 1 N–H and O–H groups in total. The van der Waals surface area contributed by atoms with Gasteiger partial charge in [0.15, 0.2) is 5.65 Å². The Kier molecular flexibility index (Phi) is 3.87. The molecule has 112 valence electrons. The molecular formula is C17H17N3O2. The molecule has 0 bridgehead atoms. The third-order valence-electron chi connectivity index (χ3n) is 3.54. The lowest BCUT2D eigenvalue weighted by Crippen LogP contribution is -2.04. The van der Waals surface area contributed by atoms with Crippen molar-refractivity contribution in [1.29, 1.82) is 0 Å². The first kappa shape index (κ1) is 14.3. The third kappa shape index (κ3) is 2.83. The van der Waals surface area contributed by atoms with Crippen LogP contribution in [0.4, 0.5) is 0 Å². The molecule has 0 unspecified atom stereocenters. The number of rotatable bonds is 5. The SMILES string of the molecule is Cc1cccc(-n2c(CCCC(=O)O)nc3cccnc32)c1. The molecule has 5 nitrogen and oxygen atoms in total. The van der Waals surface area contributed by atoms with E-state index in [1.54, 1.807) is 6.20 Å². The molecule has 0 aliphatic rings. The van der Waals surface area contributed by atoms with E-state index in [9.17, 15) is 4.79 Å². The maximum Gasteiger partial charge on any atom is 0.303 e. The maximum absolute atomic E-state index is 10.7. The number of fused-ring (bicyclic) bond motifs is 1. The normalized spacial score (nSPS) is 11.0. The second-order valence-electron chi connectivity index (χ2n) is 5.30. The summed E-state index contributed by atoms with van der Waals surface area (Å²) in [4.78, 5) is 19.8. The highest BCUT2D eigenvalue weighted by Gasteiger charge is 2.13. The largest absolute Gasteiger partial charge is 0.481 e. The van der Waals surface area contributed by atoms with Crippen LogP contribution in [0, 0.1) is 6.92 Å². The van der Waals surface area contributed by atoms with Crippen LogP contribution in [-0.4, -0.2) is 25.6 Å². The van der Waals surface area contributed by atoms with Gasteiger partial charge in [0.2, 0.25) is 0 Å². The number of aryl methyl sites for hydroxylation is 2. The van der Waals surface area contributed by atoms with Crippen molar-refractivity contribution in [3.05, 3.63) is 54.0 Å². The number of imidazole rings is 1. The highest BCUT2D eigenvalue weighted by Crippen LogP contribution is 2.21. The summed E-state index contributed by atoms with van der Waals surface area (Å²) in [6, 6.07) is 11.9. The highest BCUT2D eigenvalue weighted by atomic mass is 16.4. The van der Waals surface area contributed by atoms with E-state index in [-0.39, 0.29) is 6.42 Å². The van der Waals surface area contributed by atoms with Gasteiger partial charge in [-0.15, -0.1) is 0 Å². The van der Waals surface area contributed by atoms with Gasteiger partial charge in [-0.25, -0.2) is 9.97 Å². The molecule has 2 aromatic heterocycles. The van der Waals surface area contributed by atoms with E-state index in [2.05, 4.69) is 16.0 Å². The van der Waals surface area contributed by atoms with E-state index in [1.165, 1.54) is 0 Å². The van der Waals surface area contributed by atoms with Crippen LogP contribution in [0.25, 0.3) is 16.9 Å². The Bertz CT molecular complexity index is 824. The summed E-state index contributed by atoms with van der Waals surface area (Å²) in [6.07, 6.45) is 3.06. The number of aliphatic carboxylic acids is 1. The molecule has 0 radical (unpaired) electrons. The van der Waals surface area contributed by atoms with Crippen LogP contribution in [0.1, 0.15) is 24.2 Å². The fraction of sp³-hybridized carbons (Fsp3) is 0.235. The summed E-state index contributed by atoms with van der Waals surface area (Å²) < 4.78 is 2.02. The summed E-state index contributed by atoms with van der Waals surface area (Å²) in [6.45, 7) is 2.04. The molecule has 22 heavy (non-hydrogen) atoms. The molecule has 3 aromatic rings. The van der Waals surface area contributed by atoms with Crippen LogP contribution < -0.4 is 0 Å². The minimum Gasteiger partial charge on any atom is -0.481 e. The molecule has 0 spiro atoms. The molecular weight excluding hydrogens is 278 g/mol. The Hall–Kier alpha value is -2.69. The number of hydrogen-bond acceptors (Lipinski definition) is 3. The number of nitrogens with zero attached hydrogens (tertiary/aromatic N) is 3. The molecule has 5 heteroatoms. The lowest BCUT2D eigenvalue weighted by molar-refractivity contribution is -0.137. The molecule has 0 amide bonds. The minimum atomic E-state index is -0.781. The average Bonchev–Trinajstić information content (AvgIpc) is 2.85. The van der Waals surface area contributed by atoms with E-state index in [1.807, 2.05) is 41.8 Å². The van der Waals surface area contributed by atoms with Crippen LogP contribution in [-0.2, 0) is 11.2 Å². The number of pyridine rings is 1. The quantitative estimate of drug-likeness (QED) is 0.785. The monoisotopic (exact) mass is 295 g/mol. The summed E-state index contributed by atoms with van der Waals surface area (Å²) >= 11 is 0. The number of carbonyl (C=O) groups is 1. The van der Waals surface area contributed by atoms with Crippen LogP contribution in [0.5, 0.6) is 0 Å². The third-order valence-corrected chi connectivity index (χ3v) is 3.54. The molecule has 2 heterocycles. The second kappa shape index (κ2) is 5.97. The van der Waals surface area contributed by atoms with Gasteiger partial charge in [-0.3, -0.25) is 9.36 Å². The first-order valence-electron chi connectivity index (χ1n) is 7.26. The highest BCUT2D eigenvalue weighted by molar-refractivity contribution is 5.74. The summed E-state index contributed by atoms with van der Waals surface area (Å²) in [5, 5.41) is 8.81. The minimum absolute atomic E-state index is 0.143. The zero-order chi connectivity index (χ0) is 15.5. The average molecular weight is 295 g/mol. The summed E-state index contributed by atoms with van der Waals surface area (Å²) in [5.74, 6) is 0.0666. The lowest BCUT2D eigenvalue weighted by Gasteiger charge is -2.09. The molecule has 1 aromatic carbocycles. The standard InChI is InChI=1S/C17H17N3O2/c1-12-5-2-6-13(11-12)20-15(8-3-9-16(21)22)19-14-7-4-10-18-17(14)20/h2,4-7,10-11H,3,8-9H2,1H3,(H,21,22). The Morgan fingerprint density at radius 3 is 2.91 bits per heavy atom. The zero-order valence-electron chi connectivity index (χ0n) is 12.4. The van der Waals surface area contributed by atoms with Gasteiger partial charge in [0, 0.05) is 24.7 Å². The van der Waals surface area contributed by atoms with E-state index in [0.717, 1.165) is 28.2 Å². The fourth-order valence-electron chi connectivity index (χ4n) is 2.56. The Labute approximate surface area is 128 Å². The molecule has 0 aliphatic carbocycles. The van der Waals surface area contributed by atoms with Crippen molar-refractivity contribution >= 4 is 17.1 Å². The van der Waals surface area contributed by atoms with Gasteiger partial charge in [0.05, 0.1) is 0 Å².